The summed E-state index contributed by atoms with van der Waals surface area (Å²) in [5, 5.41) is 2.73. The maximum atomic E-state index is 12.7. The molecule has 4 aliphatic rings. The quantitative estimate of drug-likeness (QED) is 0.372. The highest BCUT2D eigenvalue weighted by molar-refractivity contribution is 5.82. The molecule has 30 heavy (non-hydrogen) atoms. The molecule has 4 bridgehead atoms. The second-order valence-corrected chi connectivity index (χ2v) is 9.12. The number of guanidine groups is 1. The topological polar surface area (TPSA) is 129 Å². The SMILES string of the molecule is COC(=O)C(Cc1ccc(N=C(N)N)cc1)NC(=O)OC12CC3CC(CC(C3)C1)C2. The van der Waals surface area contributed by atoms with Crippen molar-refractivity contribution < 1.29 is 19.1 Å². The van der Waals surface area contributed by atoms with Crippen LogP contribution in [0.3, 0.4) is 0 Å². The molecule has 1 aromatic rings. The summed E-state index contributed by atoms with van der Waals surface area (Å²) in [7, 11) is 1.31. The van der Waals surface area contributed by atoms with Crippen LogP contribution in [0, 0.1) is 17.8 Å². The summed E-state index contributed by atoms with van der Waals surface area (Å²) in [5.74, 6) is 1.48. The number of esters is 1. The number of hydrogen-bond donors (Lipinski definition) is 3. The first-order valence-electron chi connectivity index (χ1n) is 10.6. The second kappa shape index (κ2) is 8.16. The second-order valence-electron chi connectivity index (χ2n) is 9.12. The van der Waals surface area contributed by atoms with Gasteiger partial charge in [-0.1, -0.05) is 12.1 Å². The van der Waals surface area contributed by atoms with Crippen LogP contribution >= 0.6 is 0 Å². The summed E-state index contributed by atoms with van der Waals surface area (Å²) >= 11 is 0. The lowest BCUT2D eigenvalue weighted by Crippen LogP contribution is -2.55. The van der Waals surface area contributed by atoms with E-state index in [1.54, 1.807) is 12.1 Å². The third-order valence-corrected chi connectivity index (χ3v) is 6.70. The smallest absolute Gasteiger partial charge is 0.408 e. The van der Waals surface area contributed by atoms with Crippen LogP contribution in [-0.2, 0) is 20.7 Å². The molecular weight excluding hydrogens is 384 g/mol. The van der Waals surface area contributed by atoms with E-state index in [4.69, 9.17) is 20.9 Å². The van der Waals surface area contributed by atoms with Gasteiger partial charge in [0.1, 0.15) is 11.6 Å². The minimum Gasteiger partial charge on any atom is -0.467 e. The molecule has 0 aromatic heterocycles. The van der Waals surface area contributed by atoms with E-state index in [1.165, 1.54) is 26.4 Å². The Bertz CT molecular complexity index is 797. The van der Waals surface area contributed by atoms with Crippen molar-refractivity contribution in [1.29, 1.82) is 0 Å². The first-order chi connectivity index (χ1) is 14.3. The molecule has 1 aromatic carbocycles. The molecule has 4 saturated carbocycles. The number of benzene rings is 1. The Morgan fingerprint density at radius 3 is 2.17 bits per heavy atom. The molecule has 0 aliphatic heterocycles. The van der Waals surface area contributed by atoms with Crippen molar-refractivity contribution in [2.45, 2.75) is 56.6 Å². The van der Waals surface area contributed by atoms with E-state index < -0.39 is 18.1 Å². The van der Waals surface area contributed by atoms with Crippen LogP contribution in [0.1, 0.15) is 44.1 Å². The summed E-state index contributed by atoms with van der Waals surface area (Å²) in [4.78, 5) is 29.0. The van der Waals surface area contributed by atoms with Gasteiger partial charge in [-0.05, 0) is 74.0 Å². The van der Waals surface area contributed by atoms with Crippen LogP contribution in [0.25, 0.3) is 0 Å². The van der Waals surface area contributed by atoms with Crippen molar-refractivity contribution in [3.05, 3.63) is 29.8 Å². The van der Waals surface area contributed by atoms with Gasteiger partial charge in [0.15, 0.2) is 5.96 Å². The molecule has 4 aliphatic carbocycles. The predicted molar refractivity (Wildman–Crippen MR) is 112 cm³/mol. The van der Waals surface area contributed by atoms with Gasteiger partial charge in [0.05, 0.1) is 12.8 Å². The molecule has 8 heteroatoms. The highest BCUT2D eigenvalue weighted by atomic mass is 16.6. The molecule has 5 N–H and O–H groups in total. The van der Waals surface area contributed by atoms with E-state index in [0.717, 1.165) is 24.8 Å². The first-order valence-corrected chi connectivity index (χ1v) is 10.6. The van der Waals surface area contributed by atoms with Crippen LogP contribution in [0.5, 0.6) is 0 Å². The zero-order valence-corrected chi connectivity index (χ0v) is 17.3. The van der Waals surface area contributed by atoms with Gasteiger partial charge in [0.25, 0.3) is 0 Å². The summed E-state index contributed by atoms with van der Waals surface area (Å²) in [6.07, 6.45) is 6.39. The largest absolute Gasteiger partial charge is 0.467 e. The summed E-state index contributed by atoms with van der Waals surface area (Å²) in [5.41, 5.74) is 11.9. The zero-order valence-electron chi connectivity index (χ0n) is 17.3. The molecule has 5 rings (SSSR count). The number of methoxy groups -OCH3 is 1. The minimum atomic E-state index is -0.828. The maximum absolute atomic E-state index is 12.7. The number of nitrogens with zero attached hydrogens (tertiary/aromatic N) is 1. The third kappa shape index (κ3) is 4.52. The number of amides is 1. The van der Waals surface area contributed by atoms with Gasteiger partial charge in [-0.3, -0.25) is 0 Å². The minimum absolute atomic E-state index is 0.0238. The Morgan fingerprint density at radius 2 is 1.67 bits per heavy atom. The number of ether oxygens (including phenoxy) is 2. The van der Waals surface area contributed by atoms with Crippen molar-refractivity contribution in [2.75, 3.05) is 7.11 Å². The molecule has 1 atom stereocenters. The highest BCUT2D eigenvalue weighted by Crippen LogP contribution is 2.57. The van der Waals surface area contributed by atoms with Gasteiger partial charge in [-0.25, -0.2) is 14.6 Å². The molecule has 1 unspecified atom stereocenters. The fraction of sp³-hybridized carbons (Fsp3) is 0.591. The molecule has 1 amide bonds. The fourth-order valence-electron chi connectivity index (χ4n) is 5.95. The number of nitrogens with two attached hydrogens (primary N) is 2. The Labute approximate surface area is 176 Å². The van der Waals surface area contributed by atoms with Crippen molar-refractivity contribution in [3.8, 4) is 0 Å². The van der Waals surface area contributed by atoms with Crippen LogP contribution in [-0.4, -0.2) is 36.8 Å². The first kappa shape index (κ1) is 20.5. The number of hydrogen-bond acceptors (Lipinski definition) is 5. The zero-order chi connectivity index (χ0) is 21.3. The van der Waals surface area contributed by atoms with E-state index in [0.29, 0.717) is 23.4 Å². The Balaban J connectivity index is 1.40. The number of alkyl carbamates (subject to hydrolysis) is 1. The van der Waals surface area contributed by atoms with Crippen LogP contribution in [0.4, 0.5) is 10.5 Å². The predicted octanol–water partition coefficient (Wildman–Crippen LogP) is 2.37. The average molecular weight is 415 g/mol. The van der Waals surface area contributed by atoms with Crippen molar-refractivity contribution in [2.24, 2.45) is 34.2 Å². The number of rotatable bonds is 6. The number of carbonyl (C=O) groups is 2. The van der Waals surface area contributed by atoms with E-state index in [-0.39, 0.29) is 18.0 Å². The number of nitrogens with one attached hydrogen (secondary N) is 1. The monoisotopic (exact) mass is 414 g/mol. The average Bonchev–Trinajstić information content (AvgIpc) is 2.66. The van der Waals surface area contributed by atoms with Gasteiger partial charge in [-0.2, -0.15) is 0 Å². The van der Waals surface area contributed by atoms with Crippen molar-refractivity contribution in [1.82, 2.24) is 5.32 Å². The van der Waals surface area contributed by atoms with E-state index >= 15 is 0 Å². The molecular formula is C22H30N4O4. The van der Waals surface area contributed by atoms with Crippen LogP contribution in [0.2, 0.25) is 0 Å². The summed E-state index contributed by atoms with van der Waals surface area (Å²) in [6, 6.07) is 6.28. The highest BCUT2D eigenvalue weighted by Gasteiger charge is 2.53. The molecule has 4 fully saturated rings. The third-order valence-electron chi connectivity index (χ3n) is 6.70. The van der Waals surface area contributed by atoms with Crippen molar-refractivity contribution in [3.63, 3.8) is 0 Å². The van der Waals surface area contributed by atoms with Crippen LogP contribution < -0.4 is 16.8 Å². The van der Waals surface area contributed by atoms with E-state index in [2.05, 4.69) is 10.3 Å². The lowest BCUT2D eigenvalue weighted by molar-refractivity contribution is -0.144. The standard InChI is InChI=1S/C22H30N4O4/c1-29-19(27)18(9-13-2-4-17(5-3-13)25-20(23)24)26-21(28)30-22-10-14-6-15(11-22)8-16(7-14)12-22/h2-5,14-16,18H,6-12H2,1H3,(H,26,28)(H4,23,24,25). The van der Waals surface area contributed by atoms with Crippen LogP contribution in [0.15, 0.2) is 29.3 Å². The normalized spacial score (nSPS) is 29.7. The molecule has 0 spiro atoms. The maximum Gasteiger partial charge on any atom is 0.408 e. The van der Waals surface area contributed by atoms with Gasteiger partial charge in [0, 0.05) is 6.42 Å². The lowest BCUT2D eigenvalue weighted by Gasteiger charge is -2.55. The van der Waals surface area contributed by atoms with E-state index in [1.807, 2.05) is 12.1 Å². The summed E-state index contributed by atoms with van der Waals surface area (Å²) in [6.45, 7) is 0. The molecule has 0 heterocycles. The van der Waals surface area contributed by atoms with E-state index in [9.17, 15) is 9.59 Å². The molecule has 0 radical (unpaired) electrons. The summed E-state index contributed by atoms with van der Waals surface area (Å²) < 4.78 is 10.9. The van der Waals surface area contributed by atoms with Gasteiger partial charge >= 0.3 is 12.1 Å². The number of aliphatic imine (C=N–C) groups is 1. The Hall–Kier alpha value is -2.77. The molecule has 8 nitrogen and oxygen atoms in total. The van der Waals surface area contributed by atoms with Crippen molar-refractivity contribution >= 4 is 23.7 Å². The fourth-order valence-corrected chi connectivity index (χ4v) is 5.95. The Kier molecular flexibility index (Phi) is 5.58. The molecule has 0 saturated heterocycles. The van der Waals surface area contributed by atoms with Gasteiger partial charge in [0.2, 0.25) is 0 Å². The van der Waals surface area contributed by atoms with Gasteiger partial charge in [-0.15, -0.1) is 0 Å². The van der Waals surface area contributed by atoms with Gasteiger partial charge < -0.3 is 26.3 Å². The molecule has 162 valence electrons. The number of carbonyl (C=O) groups excluding carboxylic acids is 2. The Morgan fingerprint density at radius 1 is 1.10 bits per heavy atom. The lowest BCUT2D eigenvalue weighted by atomic mass is 9.54.